The quantitative estimate of drug-likeness (QED) is 0.826. The van der Waals surface area contributed by atoms with E-state index in [0.717, 1.165) is 25.0 Å². The third kappa shape index (κ3) is 3.57. The predicted molar refractivity (Wildman–Crippen MR) is 74.9 cm³/mol. The zero-order valence-electron chi connectivity index (χ0n) is 11.7. The maximum atomic E-state index is 12.0. The van der Waals surface area contributed by atoms with Crippen LogP contribution in [0.2, 0.25) is 0 Å². The number of sulfonamides is 1. The summed E-state index contributed by atoms with van der Waals surface area (Å²) in [5, 5.41) is 9.59. The Balaban J connectivity index is 1.97. The lowest BCUT2D eigenvalue weighted by Crippen LogP contribution is -2.49. The van der Waals surface area contributed by atoms with Crippen LogP contribution >= 0.6 is 0 Å². The second kappa shape index (κ2) is 5.92. The molecule has 1 saturated heterocycles. The van der Waals surface area contributed by atoms with Gasteiger partial charge in [-0.1, -0.05) is 6.92 Å². The van der Waals surface area contributed by atoms with Crippen LogP contribution in [0.25, 0.3) is 0 Å². The van der Waals surface area contributed by atoms with Gasteiger partial charge in [0.25, 0.3) is 5.91 Å². The molecule has 1 aliphatic rings. The first-order chi connectivity index (χ1) is 9.40. The summed E-state index contributed by atoms with van der Waals surface area (Å²) in [4.78, 5) is 12.0. The van der Waals surface area contributed by atoms with Gasteiger partial charge in [0, 0.05) is 24.8 Å². The van der Waals surface area contributed by atoms with Crippen molar-refractivity contribution in [2.45, 2.75) is 32.2 Å². The van der Waals surface area contributed by atoms with Gasteiger partial charge in [-0.2, -0.15) is 5.10 Å². The first-order valence-corrected chi connectivity index (χ1v) is 8.55. The summed E-state index contributed by atoms with van der Waals surface area (Å²) < 4.78 is 24.5. The second-order valence-electron chi connectivity index (χ2n) is 5.07. The first-order valence-electron chi connectivity index (χ1n) is 6.70. The minimum Gasteiger partial charge on any atom is -0.347 e. The molecule has 2 heterocycles. The number of nitrogens with zero attached hydrogens (tertiary/aromatic N) is 2. The second-order valence-corrected chi connectivity index (χ2v) is 7.05. The van der Waals surface area contributed by atoms with E-state index in [0.29, 0.717) is 18.8 Å². The highest BCUT2D eigenvalue weighted by Crippen LogP contribution is 2.13. The highest BCUT2D eigenvalue weighted by molar-refractivity contribution is 7.88. The van der Waals surface area contributed by atoms with E-state index < -0.39 is 10.0 Å². The number of aryl methyl sites for hydroxylation is 1. The number of carbonyl (C=O) groups excluding carboxylic acids is 1. The zero-order valence-corrected chi connectivity index (χ0v) is 12.5. The summed E-state index contributed by atoms with van der Waals surface area (Å²) in [6, 6.07) is 1.56. The van der Waals surface area contributed by atoms with Gasteiger partial charge in [0.15, 0.2) is 0 Å². The van der Waals surface area contributed by atoms with Crippen molar-refractivity contribution >= 4 is 15.9 Å². The van der Waals surface area contributed by atoms with Crippen LogP contribution < -0.4 is 5.32 Å². The topological polar surface area (TPSA) is 95.2 Å². The lowest BCUT2D eigenvalue weighted by Gasteiger charge is -2.31. The van der Waals surface area contributed by atoms with Crippen molar-refractivity contribution in [1.29, 1.82) is 0 Å². The molecule has 112 valence electrons. The molecule has 2 N–H and O–H groups in total. The molecule has 1 atom stereocenters. The highest BCUT2D eigenvalue weighted by atomic mass is 32.2. The number of amides is 1. The van der Waals surface area contributed by atoms with Crippen LogP contribution in [0.15, 0.2) is 6.07 Å². The number of hydrogen-bond acceptors (Lipinski definition) is 4. The Kier molecular flexibility index (Phi) is 4.44. The van der Waals surface area contributed by atoms with Gasteiger partial charge in [-0.25, -0.2) is 12.7 Å². The van der Waals surface area contributed by atoms with E-state index in [1.807, 2.05) is 6.92 Å². The lowest BCUT2D eigenvalue weighted by atomic mass is 10.1. The minimum atomic E-state index is -3.20. The molecule has 0 bridgehead atoms. The van der Waals surface area contributed by atoms with E-state index in [1.54, 1.807) is 6.07 Å². The maximum Gasteiger partial charge on any atom is 0.272 e. The molecule has 8 heteroatoms. The van der Waals surface area contributed by atoms with E-state index >= 15 is 0 Å². The monoisotopic (exact) mass is 300 g/mol. The van der Waals surface area contributed by atoms with Crippen molar-refractivity contribution < 1.29 is 13.2 Å². The van der Waals surface area contributed by atoms with E-state index in [2.05, 4.69) is 15.5 Å². The fourth-order valence-electron chi connectivity index (χ4n) is 2.28. The van der Waals surface area contributed by atoms with Gasteiger partial charge >= 0.3 is 0 Å². The van der Waals surface area contributed by atoms with Crippen molar-refractivity contribution in [3.8, 4) is 0 Å². The standard InChI is InChI=1S/C12H20N4O3S/c1-3-9-7-11(15-14-9)12(17)13-10-5-4-6-16(8-10)20(2,18)19/h7,10H,3-6,8H2,1-2H3,(H,13,17)(H,14,15). The summed E-state index contributed by atoms with van der Waals surface area (Å²) in [5.41, 5.74) is 1.25. The van der Waals surface area contributed by atoms with Crippen LogP contribution in [-0.4, -0.2) is 54.2 Å². The van der Waals surface area contributed by atoms with Crippen molar-refractivity contribution in [3.05, 3.63) is 17.5 Å². The van der Waals surface area contributed by atoms with Gasteiger partial charge in [-0.3, -0.25) is 9.89 Å². The molecule has 1 fully saturated rings. The van der Waals surface area contributed by atoms with Crippen molar-refractivity contribution in [2.75, 3.05) is 19.3 Å². The van der Waals surface area contributed by atoms with Gasteiger partial charge in [-0.15, -0.1) is 0 Å². The molecule has 7 nitrogen and oxygen atoms in total. The molecule has 0 aromatic carbocycles. The van der Waals surface area contributed by atoms with E-state index in [1.165, 1.54) is 10.6 Å². The van der Waals surface area contributed by atoms with E-state index in [-0.39, 0.29) is 11.9 Å². The molecule has 0 saturated carbocycles. The number of rotatable bonds is 4. The summed E-state index contributed by atoms with van der Waals surface area (Å²) in [5.74, 6) is -0.263. The van der Waals surface area contributed by atoms with E-state index in [4.69, 9.17) is 0 Å². The Morgan fingerprint density at radius 2 is 2.35 bits per heavy atom. The van der Waals surface area contributed by atoms with E-state index in [9.17, 15) is 13.2 Å². The molecule has 0 radical (unpaired) electrons. The van der Waals surface area contributed by atoms with Crippen molar-refractivity contribution in [1.82, 2.24) is 19.8 Å². The zero-order chi connectivity index (χ0) is 14.8. The molecule has 0 spiro atoms. The molecule has 1 aliphatic heterocycles. The molecular weight excluding hydrogens is 280 g/mol. The van der Waals surface area contributed by atoms with Crippen molar-refractivity contribution in [3.63, 3.8) is 0 Å². The number of piperidine rings is 1. The minimum absolute atomic E-state index is 0.159. The molecule has 1 aromatic heterocycles. The Morgan fingerprint density at radius 3 is 2.95 bits per heavy atom. The SMILES string of the molecule is CCc1cc(C(=O)NC2CCCN(S(C)(=O)=O)C2)n[nH]1. The van der Waals surface area contributed by atoms with Gasteiger partial charge in [0.05, 0.1) is 6.26 Å². The van der Waals surface area contributed by atoms with Gasteiger partial charge in [0.2, 0.25) is 10.0 Å². The summed E-state index contributed by atoms with van der Waals surface area (Å²) in [6.07, 6.45) is 3.51. The summed E-state index contributed by atoms with van der Waals surface area (Å²) in [6.45, 7) is 2.82. The highest BCUT2D eigenvalue weighted by Gasteiger charge is 2.27. The van der Waals surface area contributed by atoms with Crippen molar-refractivity contribution in [2.24, 2.45) is 0 Å². The average Bonchev–Trinajstić information content (AvgIpc) is 2.87. The molecular formula is C12H20N4O3S. The lowest BCUT2D eigenvalue weighted by molar-refractivity contribution is 0.0916. The van der Waals surface area contributed by atoms with Gasteiger partial charge in [-0.05, 0) is 25.3 Å². The molecule has 1 amide bonds. The molecule has 1 aromatic rings. The van der Waals surface area contributed by atoms with Crippen LogP contribution in [0.1, 0.15) is 35.9 Å². The summed E-state index contributed by atoms with van der Waals surface area (Å²) >= 11 is 0. The Bertz CT molecular complexity index is 581. The molecule has 0 aliphatic carbocycles. The van der Waals surface area contributed by atoms with Crippen LogP contribution in [-0.2, 0) is 16.4 Å². The Morgan fingerprint density at radius 1 is 1.60 bits per heavy atom. The number of nitrogens with one attached hydrogen (secondary N) is 2. The normalized spacial score (nSPS) is 20.8. The van der Waals surface area contributed by atoms with Gasteiger partial charge < -0.3 is 5.32 Å². The van der Waals surface area contributed by atoms with Crippen LogP contribution in [0.5, 0.6) is 0 Å². The fourth-order valence-corrected chi connectivity index (χ4v) is 3.19. The van der Waals surface area contributed by atoms with Crippen LogP contribution in [0.4, 0.5) is 0 Å². The number of aromatic nitrogens is 2. The predicted octanol–water partition coefficient (Wildman–Crippen LogP) is 0.126. The fraction of sp³-hybridized carbons (Fsp3) is 0.667. The number of carbonyl (C=O) groups is 1. The number of H-pyrrole nitrogens is 1. The van der Waals surface area contributed by atoms with Crippen LogP contribution in [0, 0.1) is 0 Å². The number of hydrogen-bond donors (Lipinski definition) is 2. The third-order valence-electron chi connectivity index (χ3n) is 3.43. The maximum absolute atomic E-state index is 12.0. The Labute approximate surface area is 118 Å². The Hall–Kier alpha value is -1.41. The first kappa shape index (κ1) is 15.0. The van der Waals surface area contributed by atoms with Crippen LogP contribution in [0.3, 0.4) is 0 Å². The molecule has 20 heavy (non-hydrogen) atoms. The molecule has 1 unspecified atom stereocenters. The summed E-state index contributed by atoms with van der Waals surface area (Å²) in [7, 11) is -3.20. The largest absolute Gasteiger partial charge is 0.347 e. The molecule has 2 rings (SSSR count). The number of aromatic amines is 1. The third-order valence-corrected chi connectivity index (χ3v) is 4.70. The van der Waals surface area contributed by atoms with Gasteiger partial charge in [0.1, 0.15) is 5.69 Å². The average molecular weight is 300 g/mol. The smallest absolute Gasteiger partial charge is 0.272 e.